The molecule has 0 bridgehead atoms. The molecule has 0 unspecified atom stereocenters. The van der Waals surface area contributed by atoms with E-state index < -0.39 is 15.0 Å². The Kier molecular flexibility index (Phi) is 4.23. The summed E-state index contributed by atoms with van der Waals surface area (Å²) < 4.78 is 26.9. The number of carbonyl (C=O) groups is 1. The summed E-state index contributed by atoms with van der Waals surface area (Å²) in [6, 6.07) is 2.44. The number of methoxy groups -OCH3 is 1. The average Bonchev–Trinajstić information content (AvgIpc) is 2.13. The van der Waals surface area contributed by atoms with Crippen molar-refractivity contribution in [2.24, 2.45) is 0 Å². The molecule has 0 N–H and O–H groups in total. The van der Waals surface area contributed by atoms with Crippen LogP contribution in [0.4, 0.5) is 0 Å². The van der Waals surface area contributed by atoms with Gasteiger partial charge in [0, 0.05) is 15.2 Å². The van der Waals surface area contributed by atoms with Crippen molar-refractivity contribution >= 4 is 53.2 Å². The highest BCUT2D eigenvalue weighted by Crippen LogP contribution is 2.33. The number of rotatable bonds is 2. The van der Waals surface area contributed by atoms with E-state index in [1.54, 1.807) is 0 Å². The predicted octanol–water partition coefficient (Wildman–Crippen LogP) is 2.82. The lowest BCUT2D eigenvalue weighted by Gasteiger charge is -2.06. The molecule has 0 saturated carbocycles. The Balaban J connectivity index is 3.46. The minimum absolute atomic E-state index is 0.107. The highest BCUT2D eigenvalue weighted by atomic mass is 79.9. The molecule has 0 saturated heterocycles. The largest absolute Gasteiger partial charge is 0.465 e. The summed E-state index contributed by atoms with van der Waals surface area (Å²) in [5.41, 5.74) is 0.128. The van der Waals surface area contributed by atoms with Crippen LogP contribution in [-0.4, -0.2) is 21.5 Å². The highest BCUT2D eigenvalue weighted by molar-refractivity contribution is 9.10. The molecule has 1 rings (SSSR count). The lowest BCUT2D eigenvalue weighted by molar-refractivity contribution is 0.0600. The third kappa shape index (κ3) is 2.88. The summed E-state index contributed by atoms with van der Waals surface area (Å²) >= 11 is 8.69. The summed E-state index contributed by atoms with van der Waals surface area (Å²) in [6.07, 6.45) is 0. The number of carbonyl (C=O) groups excluding carboxylic acids is 1. The first kappa shape index (κ1) is 13.8. The van der Waals surface area contributed by atoms with Crippen LogP contribution < -0.4 is 0 Å². The Morgan fingerprint density at radius 1 is 1.44 bits per heavy atom. The number of esters is 1. The summed E-state index contributed by atoms with van der Waals surface area (Å²) in [4.78, 5) is 10.9. The summed E-state index contributed by atoms with van der Waals surface area (Å²) in [6.45, 7) is 0. The van der Waals surface area contributed by atoms with Crippen LogP contribution in [0.3, 0.4) is 0 Å². The SMILES string of the molecule is COC(=O)c1cc(Cl)c(S(=O)(=O)Cl)c(Br)c1. The van der Waals surface area contributed by atoms with Gasteiger partial charge in [-0.15, -0.1) is 0 Å². The van der Waals surface area contributed by atoms with Crippen molar-refractivity contribution < 1.29 is 17.9 Å². The van der Waals surface area contributed by atoms with Gasteiger partial charge in [-0.1, -0.05) is 11.6 Å². The van der Waals surface area contributed by atoms with Crippen LogP contribution in [0.1, 0.15) is 10.4 Å². The fourth-order valence-electron chi connectivity index (χ4n) is 1.03. The third-order valence-corrected chi connectivity index (χ3v) is 4.35. The summed E-state index contributed by atoms with van der Waals surface area (Å²) in [5.74, 6) is -0.624. The first-order valence-electron chi connectivity index (χ1n) is 3.79. The molecule has 4 nitrogen and oxygen atoms in total. The summed E-state index contributed by atoms with van der Waals surface area (Å²) in [5, 5.41) is -0.148. The van der Waals surface area contributed by atoms with Crippen molar-refractivity contribution in [1.82, 2.24) is 0 Å². The maximum absolute atomic E-state index is 11.2. The van der Waals surface area contributed by atoms with Crippen molar-refractivity contribution in [2.75, 3.05) is 7.11 Å². The monoisotopic (exact) mass is 346 g/mol. The van der Waals surface area contributed by atoms with Gasteiger partial charge >= 0.3 is 5.97 Å². The van der Waals surface area contributed by atoms with Crippen molar-refractivity contribution in [3.8, 4) is 0 Å². The molecule has 1 aromatic carbocycles. The molecule has 0 fully saturated rings. The Hall–Kier alpha value is -0.300. The van der Waals surface area contributed by atoms with Crippen LogP contribution in [0.5, 0.6) is 0 Å². The van der Waals surface area contributed by atoms with Gasteiger partial charge in [0.15, 0.2) is 0 Å². The van der Waals surface area contributed by atoms with Gasteiger partial charge in [-0.05, 0) is 28.1 Å². The number of ether oxygens (including phenoxy) is 1. The predicted molar refractivity (Wildman–Crippen MR) is 63.5 cm³/mol. The Labute approximate surface area is 110 Å². The number of benzene rings is 1. The highest BCUT2D eigenvalue weighted by Gasteiger charge is 2.21. The zero-order valence-electron chi connectivity index (χ0n) is 7.83. The van der Waals surface area contributed by atoms with Crippen LogP contribution in [0.15, 0.2) is 21.5 Å². The van der Waals surface area contributed by atoms with E-state index in [1.165, 1.54) is 19.2 Å². The van der Waals surface area contributed by atoms with Crippen molar-refractivity contribution in [3.63, 3.8) is 0 Å². The summed E-state index contributed by atoms with van der Waals surface area (Å²) in [7, 11) is 2.41. The smallest absolute Gasteiger partial charge is 0.337 e. The molecule has 1 aromatic rings. The molecular formula is C8H5BrCl2O4S. The molecule has 0 aliphatic rings. The van der Waals surface area contributed by atoms with Gasteiger partial charge in [0.2, 0.25) is 0 Å². The molecule has 0 spiro atoms. The number of halogens is 3. The van der Waals surface area contributed by atoms with Gasteiger partial charge < -0.3 is 4.74 Å². The van der Waals surface area contributed by atoms with Gasteiger partial charge in [0.25, 0.3) is 9.05 Å². The van der Waals surface area contributed by atoms with Crippen molar-refractivity contribution in [1.29, 1.82) is 0 Å². The van der Waals surface area contributed by atoms with E-state index in [4.69, 9.17) is 22.3 Å². The lowest BCUT2D eigenvalue weighted by atomic mass is 10.2. The van der Waals surface area contributed by atoms with E-state index in [9.17, 15) is 13.2 Å². The minimum Gasteiger partial charge on any atom is -0.465 e. The fraction of sp³-hybridized carbons (Fsp3) is 0.125. The Morgan fingerprint density at radius 2 is 2.00 bits per heavy atom. The first-order valence-corrected chi connectivity index (χ1v) is 7.27. The average molecular weight is 348 g/mol. The third-order valence-electron chi connectivity index (χ3n) is 1.66. The minimum atomic E-state index is -3.97. The van der Waals surface area contributed by atoms with Gasteiger partial charge in [0.05, 0.1) is 17.7 Å². The second-order valence-electron chi connectivity index (χ2n) is 2.70. The fourth-order valence-corrected chi connectivity index (χ4v) is 4.25. The van der Waals surface area contributed by atoms with Crippen LogP contribution in [0.25, 0.3) is 0 Å². The molecule has 0 atom stereocenters. The topological polar surface area (TPSA) is 60.4 Å². The van der Waals surface area contributed by atoms with Gasteiger partial charge in [-0.25, -0.2) is 13.2 Å². The quantitative estimate of drug-likeness (QED) is 0.609. The molecule has 0 radical (unpaired) electrons. The number of hydrogen-bond acceptors (Lipinski definition) is 4. The van der Waals surface area contributed by atoms with Crippen molar-refractivity contribution in [3.05, 3.63) is 27.2 Å². The Morgan fingerprint density at radius 3 is 2.38 bits per heavy atom. The van der Waals surface area contributed by atoms with Crippen LogP contribution in [0.2, 0.25) is 5.02 Å². The Bertz CT molecular complexity index is 518. The maximum Gasteiger partial charge on any atom is 0.337 e. The molecule has 0 aliphatic carbocycles. The second kappa shape index (κ2) is 4.91. The van der Waals surface area contributed by atoms with Crippen molar-refractivity contribution in [2.45, 2.75) is 4.90 Å². The van der Waals surface area contributed by atoms with Crippen LogP contribution >= 0.6 is 38.2 Å². The molecule has 0 aromatic heterocycles. The first-order chi connectivity index (χ1) is 7.27. The lowest BCUT2D eigenvalue weighted by Crippen LogP contribution is -2.03. The van der Waals surface area contributed by atoms with Gasteiger partial charge in [0.1, 0.15) is 4.90 Å². The van der Waals surface area contributed by atoms with E-state index in [2.05, 4.69) is 20.7 Å². The standard InChI is InChI=1S/C8H5BrCl2O4S/c1-15-8(12)4-2-5(9)7(6(10)3-4)16(11,13)14/h2-3H,1H3. The van der Waals surface area contributed by atoms with E-state index in [0.29, 0.717) is 0 Å². The second-order valence-corrected chi connectivity index (χ2v) is 6.46. The van der Waals surface area contributed by atoms with E-state index in [0.717, 1.165) is 0 Å². The number of hydrogen-bond donors (Lipinski definition) is 0. The molecule has 16 heavy (non-hydrogen) atoms. The normalized spacial score (nSPS) is 11.2. The van der Waals surface area contributed by atoms with Gasteiger partial charge in [-0.2, -0.15) is 0 Å². The van der Waals surface area contributed by atoms with E-state index in [1.807, 2.05) is 0 Å². The van der Waals surface area contributed by atoms with Gasteiger partial charge in [-0.3, -0.25) is 0 Å². The molecule has 0 amide bonds. The molecule has 0 aliphatic heterocycles. The van der Waals surface area contributed by atoms with E-state index in [-0.39, 0.29) is 20.0 Å². The molecule has 0 heterocycles. The zero-order valence-corrected chi connectivity index (χ0v) is 11.7. The molecular weight excluding hydrogens is 343 g/mol. The van der Waals surface area contributed by atoms with E-state index >= 15 is 0 Å². The molecule has 88 valence electrons. The zero-order chi connectivity index (χ0) is 12.5. The van der Waals surface area contributed by atoms with Crippen LogP contribution in [-0.2, 0) is 13.8 Å². The molecule has 8 heteroatoms. The maximum atomic E-state index is 11.2. The van der Waals surface area contributed by atoms with Crippen LogP contribution in [0, 0.1) is 0 Å².